The molecule has 0 aliphatic carbocycles. The molecule has 9 rings (SSSR count). The van der Waals surface area contributed by atoms with Gasteiger partial charge in [-0.15, -0.1) is 34.9 Å². The molecule has 0 saturated carbocycles. The van der Waals surface area contributed by atoms with Crippen LogP contribution in [0.25, 0.3) is 10.4 Å². The number of thiazole rings is 1. The zero-order chi connectivity index (χ0) is 53.3. The molecule has 6 aromatic carbocycles. The van der Waals surface area contributed by atoms with E-state index in [9.17, 15) is 14.4 Å². The second kappa shape index (κ2) is 23.9. The van der Waals surface area contributed by atoms with Crippen molar-refractivity contribution in [3.63, 3.8) is 0 Å². The number of allylic oxidation sites excluding steroid dienone is 1. The highest BCUT2D eigenvalue weighted by atomic mass is 32.2. The van der Waals surface area contributed by atoms with Gasteiger partial charge >= 0.3 is 0 Å². The lowest BCUT2D eigenvalue weighted by atomic mass is 9.84. The minimum atomic E-state index is -2.77. The molecule has 13 heteroatoms. The van der Waals surface area contributed by atoms with E-state index in [2.05, 4.69) is 201 Å². The lowest BCUT2D eigenvalue weighted by Gasteiger charge is -2.43. The number of carbonyl (C=O) groups excluding carboxylic acids is 3. The highest BCUT2D eigenvalue weighted by Gasteiger charge is 2.50. The van der Waals surface area contributed by atoms with Crippen molar-refractivity contribution in [1.82, 2.24) is 20.9 Å². The molecule has 2 aliphatic heterocycles. The number of hydrogen-bond donors (Lipinski definition) is 3. The molecule has 0 saturated heterocycles. The Morgan fingerprint density at radius 3 is 1.82 bits per heavy atom. The lowest BCUT2D eigenvalue weighted by molar-refractivity contribution is -0.132. The molecule has 390 valence electrons. The molecule has 3 N–H and O–H groups in total. The SMILES string of the molecule is CC(C)[C@@H]1NC(=O)[C@]2(C)CSC(=N2)c2nc(sc2-c2ccc(CO[Si](c3ccccc3)(c3ccccc3)C(C)(C)C)cc2)CNC(=O)CC(/C=C/CCSC(c2ccccc2)(c2ccccc2)c2ccccc2)NC1=O. The molecule has 7 aromatic rings. The van der Waals surface area contributed by atoms with Crippen molar-refractivity contribution in [2.45, 2.75) is 94.9 Å². The number of hydrogen-bond acceptors (Lipinski definition) is 9. The monoisotopic (exact) mass is 1080 g/mol. The summed E-state index contributed by atoms with van der Waals surface area (Å²) >= 11 is 4.84. The van der Waals surface area contributed by atoms with Crippen LogP contribution in [-0.2, 0) is 36.7 Å². The fraction of sp³-hybridized carbons (Fsp3) is 0.286. The minimum absolute atomic E-state index is 0.00106. The van der Waals surface area contributed by atoms with Gasteiger partial charge in [0.05, 0.1) is 35.2 Å². The smallest absolute Gasteiger partial charge is 0.261 e. The second-order valence-corrected chi connectivity index (χ2v) is 28.7. The van der Waals surface area contributed by atoms with Crippen molar-refractivity contribution in [3.8, 4) is 10.4 Å². The molecular weight excluding hydrogens is 1020 g/mol. The fourth-order valence-electron chi connectivity index (χ4n) is 10.2. The summed E-state index contributed by atoms with van der Waals surface area (Å²) < 4.78 is 6.80. The highest BCUT2D eigenvalue weighted by molar-refractivity contribution is 8.14. The van der Waals surface area contributed by atoms with Crippen LogP contribution in [0.3, 0.4) is 0 Å². The van der Waals surface area contributed by atoms with Crippen LogP contribution in [0.2, 0.25) is 5.04 Å². The van der Waals surface area contributed by atoms with Gasteiger partial charge in [-0.3, -0.25) is 19.4 Å². The predicted molar refractivity (Wildman–Crippen MR) is 318 cm³/mol. The molecule has 3 amide bonds. The number of nitrogens with zero attached hydrogens (tertiary/aromatic N) is 2. The van der Waals surface area contributed by atoms with E-state index in [1.807, 2.05) is 56.8 Å². The van der Waals surface area contributed by atoms with Crippen LogP contribution in [-0.4, -0.2) is 65.2 Å². The van der Waals surface area contributed by atoms with Crippen LogP contribution in [0.1, 0.15) is 87.3 Å². The maximum absolute atomic E-state index is 14.3. The molecule has 0 spiro atoms. The number of thioether (sulfide) groups is 2. The zero-order valence-electron chi connectivity index (χ0n) is 44.1. The Bertz CT molecular complexity index is 3010. The van der Waals surface area contributed by atoms with Gasteiger partial charge in [-0.25, -0.2) is 4.98 Å². The van der Waals surface area contributed by atoms with E-state index in [-0.39, 0.29) is 41.6 Å². The average molecular weight is 1080 g/mol. The van der Waals surface area contributed by atoms with Gasteiger partial charge in [-0.05, 0) is 68.2 Å². The molecule has 0 radical (unpaired) electrons. The van der Waals surface area contributed by atoms with Crippen LogP contribution < -0.4 is 26.3 Å². The van der Waals surface area contributed by atoms with Crippen molar-refractivity contribution in [2.75, 3.05) is 11.5 Å². The van der Waals surface area contributed by atoms with Gasteiger partial charge in [0, 0.05) is 5.75 Å². The molecule has 2 aliphatic rings. The van der Waals surface area contributed by atoms with Gasteiger partial charge in [0.25, 0.3) is 8.32 Å². The topological polar surface area (TPSA) is 122 Å². The van der Waals surface area contributed by atoms with E-state index in [1.165, 1.54) is 50.2 Å². The number of fused-ring (bicyclic) bond motifs is 4. The van der Waals surface area contributed by atoms with E-state index in [0.717, 1.165) is 21.8 Å². The first-order valence-electron chi connectivity index (χ1n) is 26.1. The van der Waals surface area contributed by atoms with E-state index in [1.54, 1.807) is 0 Å². The molecular formula is C63H67N5O4S3Si. The van der Waals surface area contributed by atoms with Gasteiger partial charge in [0.1, 0.15) is 27.3 Å². The first-order chi connectivity index (χ1) is 36.7. The summed E-state index contributed by atoms with van der Waals surface area (Å²) in [6, 6.07) is 60.0. The molecule has 0 fully saturated rings. The standard InChI is InChI=1S/C63H67N5O4S3Si/c1-44(2)55-58(70)65-50(30-22-23-39-74-63(47-24-12-7-13-25-47,48-26-14-8-15-27-48)49-28-16-9-17-29-49)40-53(69)64-41-54-66-56(59-68-62(6,43-73-59)60(71)67-55)57(75-54)46-37-35-45(36-38-46)42-72-76(61(3,4)5,51-31-18-10-19-32-51)52-33-20-11-21-34-52/h7-22,24-38,44,50,55H,23,39-43H2,1-6H3,(H,64,69)(H,65,70)(H,67,71)/b30-22+/t50?,55-,62-/m0/s1. The molecule has 76 heavy (non-hydrogen) atoms. The summed E-state index contributed by atoms with van der Waals surface area (Å²) in [4.78, 5) is 53.6. The number of amides is 3. The molecule has 9 nitrogen and oxygen atoms in total. The van der Waals surface area contributed by atoms with E-state index >= 15 is 0 Å². The maximum atomic E-state index is 14.3. The maximum Gasteiger partial charge on any atom is 0.261 e. The molecule has 3 heterocycles. The number of rotatable bonds is 15. The Hall–Kier alpha value is -6.35. The summed E-state index contributed by atoms with van der Waals surface area (Å²) in [6.07, 6.45) is 4.65. The van der Waals surface area contributed by atoms with Gasteiger partial charge in [0.15, 0.2) is 0 Å². The molecule has 3 atom stereocenters. The van der Waals surface area contributed by atoms with E-state index in [4.69, 9.17) is 14.4 Å². The normalized spacial score (nSPS) is 18.8. The van der Waals surface area contributed by atoms with Crippen LogP contribution in [0.4, 0.5) is 0 Å². The summed E-state index contributed by atoms with van der Waals surface area (Å²) in [5.41, 5.74) is 5.07. The summed E-state index contributed by atoms with van der Waals surface area (Å²) in [6.45, 7) is 13.1. The molecule has 1 unspecified atom stereocenters. The van der Waals surface area contributed by atoms with Gasteiger partial charge < -0.3 is 20.4 Å². The largest absolute Gasteiger partial charge is 0.403 e. The molecule has 1 aromatic heterocycles. The Morgan fingerprint density at radius 1 is 0.750 bits per heavy atom. The zero-order valence-corrected chi connectivity index (χ0v) is 47.6. The predicted octanol–water partition coefficient (Wildman–Crippen LogP) is 11.5. The third-order valence-electron chi connectivity index (χ3n) is 14.2. The van der Waals surface area contributed by atoms with Gasteiger partial charge in [0.2, 0.25) is 17.7 Å². The Morgan fingerprint density at radius 2 is 1.29 bits per heavy atom. The third-order valence-corrected chi connectivity index (χ3v) is 23.1. The van der Waals surface area contributed by atoms with Crippen LogP contribution in [0.5, 0.6) is 0 Å². The van der Waals surface area contributed by atoms with Crippen LogP contribution in [0.15, 0.2) is 193 Å². The van der Waals surface area contributed by atoms with Crippen molar-refractivity contribution >= 4 is 76.3 Å². The minimum Gasteiger partial charge on any atom is -0.403 e. The van der Waals surface area contributed by atoms with Gasteiger partial charge in [-0.2, -0.15) is 0 Å². The second-order valence-electron chi connectivity index (χ2n) is 21.0. The number of aromatic nitrogens is 1. The van der Waals surface area contributed by atoms with Crippen molar-refractivity contribution in [2.24, 2.45) is 10.9 Å². The highest BCUT2D eigenvalue weighted by Crippen LogP contribution is 2.49. The Balaban J connectivity index is 0.965. The Labute approximate surface area is 462 Å². The number of benzene rings is 6. The summed E-state index contributed by atoms with van der Waals surface area (Å²) in [5.74, 6) is -0.0384. The van der Waals surface area contributed by atoms with Crippen molar-refractivity contribution < 1.29 is 18.8 Å². The van der Waals surface area contributed by atoms with Gasteiger partial charge in [-0.1, -0.05) is 223 Å². The van der Waals surface area contributed by atoms with Crippen LogP contribution in [0, 0.1) is 5.92 Å². The average Bonchev–Trinajstić information content (AvgIpc) is 4.11. The first kappa shape index (κ1) is 54.4. The number of carbonyl (C=O) groups is 3. The van der Waals surface area contributed by atoms with Crippen LogP contribution >= 0.6 is 34.9 Å². The molecule has 4 bridgehead atoms. The summed E-state index contributed by atoms with van der Waals surface area (Å²) in [7, 11) is -2.77. The summed E-state index contributed by atoms with van der Waals surface area (Å²) in [5, 5.41) is 13.0. The lowest BCUT2D eigenvalue weighted by Crippen LogP contribution is -2.66. The third kappa shape index (κ3) is 11.8. The fourth-order valence-corrected chi connectivity index (χ4v) is 18.5. The Kier molecular flexibility index (Phi) is 17.1. The van der Waals surface area contributed by atoms with E-state index < -0.39 is 30.7 Å². The number of nitrogens with one attached hydrogen (secondary N) is 3. The number of aliphatic imine (C=N–C) groups is 1. The van der Waals surface area contributed by atoms with Crippen molar-refractivity contribution in [1.29, 1.82) is 0 Å². The van der Waals surface area contributed by atoms with Crippen molar-refractivity contribution in [3.05, 3.63) is 221 Å². The first-order valence-corrected chi connectivity index (χ1v) is 30.8. The quantitative estimate of drug-likeness (QED) is 0.0405. The van der Waals surface area contributed by atoms with E-state index in [0.29, 0.717) is 34.5 Å².